The third kappa shape index (κ3) is 17.4. The molecule has 0 atom stereocenters. The first kappa shape index (κ1) is 80.1. The zero-order valence-corrected chi connectivity index (χ0v) is 71.8. The van der Waals surface area contributed by atoms with Gasteiger partial charge in [0.05, 0.1) is 39.9 Å². The lowest BCUT2D eigenvalue weighted by Crippen LogP contribution is -1.93. The lowest BCUT2D eigenvalue weighted by Gasteiger charge is -2.14. The summed E-state index contributed by atoms with van der Waals surface area (Å²) >= 11 is 0. The van der Waals surface area contributed by atoms with Crippen molar-refractivity contribution in [3.8, 4) is 168 Å². The molecule has 0 spiro atoms. The van der Waals surface area contributed by atoms with E-state index >= 15 is 0 Å². The number of aromatic nitrogens is 9. The smallest absolute Gasteiger partial charge is 0.0715 e. The normalized spacial score (nSPS) is 11.2. The van der Waals surface area contributed by atoms with E-state index in [1.807, 2.05) is 92.4 Å². The third-order valence-corrected chi connectivity index (χ3v) is 24.5. The van der Waals surface area contributed by atoms with Crippen molar-refractivity contribution in [2.75, 3.05) is 0 Å². The summed E-state index contributed by atoms with van der Waals surface area (Å²) in [6.07, 6.45) is 20.3. The van der Waals surface area contributed by atoms with Gasteiger partial charge in [-0.05, 0) is 331 Å². The molecule has 0 radical (unpaired) electrons. The van der Waals surface area contributed by atoms with Crippen molar-refractivity contribution in [1.82, 2.24) is 44.9 Å². The van der Waals surface area contributed by atoms with E-state index in [0.717, 1.165) is 168 Å². The van der Waals surface area contributed by atoms with Gasteiger partial charge in [0.1, 0.15) is 0 Å². The van der Waals surface area contributed by atoms with Crippen molar-refractivity contribution in [1.29, 1.82) is 0 Å². The summed E-state index contributed by atoms with van der Waals surface area (Å²) in [6, 6.07) is 150. The molecule has 0 aliphatic carbocycles. The van der Waals surface area contributed by atoms with Gasteiger partial charge in [-0.15, -0.1) is 0 Å². The SMILES string of the molecule is c1ccc(-c2cc(-c3ccncc3)cc(-c3cc(-c4ccc5ccccc5c4)nc(-c4ccc5ccccc5c4)c3)c2)nc1.c1ccc2cc(-c3cc(-c4cc(-c5ccncc5)cc(-c5ccncc5)c4)cc(-c4ccc5ccccc5c4)n3)ccc2c1.c1cncc(-c2cc(-c3cccnc3)cc(-c3cc(-c4ccc5ccccc5c4)nc(-c4ccc5ccccc5c4)c3)c2)c1. The van der Waals surface area contributed by atoms with Crippen molar-refractivity contribution in [3.05, 3.63) is 493 Å². The molecule has 0 saturated carbocycles. The van der Waals surface area contributed by atoms with Crippen molar-refractivity contribution in [3.63, 3.8) is 0 Å². The number of benzene rings is 15. The maximum atomic E-state index is 5.26. The van der Waals surface area contributed by atoms with Gasteiger partial charge in [-0.25, -0.2) is 15.0 Å². The van der Waals surface area contributed by atoms with Gasteiger partial charge >= 0.3 is 0 Å². The minimum absolute atomic E-state index is 0.934. The molecular weight excluding hydrogens is 1600 g/mol. The Morgan fingerprint density at radius 2 is 0.326 bits per heavy atom. The second-order valence-electron chi connectivity index (χ2n) is 33.1. The van der Waals surface area contributed by atoms with Crippen LogP contribution in [0.25, 0.3) is 232 Å². The molecule has 9 heteroatoms. The minimum Gasteiger partial charge on any atom is -0.265 e. The molecule has 0 amide bonds. The Morgan fingerprint density at radius 1 is 0.106 bits per heavy atom. The zero-order valence-electron chi connectivity index (χ0n) is 71.8. The highest BCUT2D eigenvalue weighted by Gasteiger charge is 2.20. The predicted molar refractivity (Wildman–Crippen MR) is 546 cm³/mol. The Bertz CT molecular complexity index is 7140. The molecule has 0 saturated heterocycles. The first-order valence-electron chi connectivity index (χ1n) is 44.2. The van der Waals surface area contributed by atoms with Crippen molar-refractivity contribution < 1.29 is 0 Å². The van der Waals surface area contributed by atoms with Gasteiger partial charge in [0.15, 0.2) is 0 Å². The van der Waals surface area contributed by atoms with Crippen LogP contribution in [0.15, 0.2) is 493 Å². The van der Waals surface area contributed by atoms with Gasteiger partial charge in [0.25, 0.3) is 0 Å². The van der Waals surface area contributed by atoms with Crippen LogP contribution in [0.2, 0.25) is 0 Å². The van der Waals surface area contributed by atoms with Crippen molar-refractivity contribution in [2.24, 2.45) is 0 Å². The molecule has 0 aliphatic heterocycles. The largest absolute Gasteiger partial charge is 0.265 e. The van der Waals surface area contributed by atoms with Crippen molar-refractivity contribution >= 4 is 64.6 Å². The lowest BCUT2D eigenvalue weighted by molar-refractivity contribution is 1.31. The van der Waals surface area contributed by atoms with E-state index in [2.05, 4.69) is 430 Å². The Hall–Kier alpha value is -17.8. The van der Waals surface area contributed by atoms with Crippen LogP contribution in [0.4, 0.5) is 0 Å². The molecule has 9 aromatic heterocycles. The molecule has 0 N–H and O–H groups in total. The van der Waals surface area contributed by atoms with Crippen LogP contribution in [-0.4, -0.2) is 44.9 Å². The van der Waals surface area contributed by atoms with E-state index < -0.39 is 0 Å². The third-order valence-electron chi connectivity index (χ3n) is 24.5. The second kappa shape index (κ2) is 36.3. The van der Waals surface area contributed by atoms with Gasteiger partial charge in [-0.1, -0.05) is 237 Å². The van der Waals surface area contributed by atoms with Gasteiger partial charge in [-0.2, -0.15) is 0 Å². The number of nitrogens with zero attached hydrogens (tertiary/aromatic N) is 9. The zero-order chi connectivity index (χ0) is 87.9. The van der Waals surface area contributed by atoms with Crippen LogP contribution in [-0.2, 0) is 0 Å². The van der Waals surface area contributed by atoms with E-state index in [9.17, 15) is 0 Å². The fraction of sp³-hybridized carbons (Fsp3) is 0. The van der Waals surface area contributed by atoms with E-state index in [1.165, 1.54) is 64.6 Å². The molecule has 24 rings (SSSR count). The van der Waals surface area contributed by atoms with Crippen LogP contribution in [0.3, 0.4) is 0 Å². The fourth-order valence-corrected chi connectivity index (χ4v) is 17.7. The molecule has 15 aromatic carbocycles. The predicted octanol–water partition coefficient (Wildman–Crippen LogP) is 31.5. The fourth-order valence-electron chi connectivity index (χ4n) is 17.7. The molecule has 132 heavy (non-hydrogen) atoms. The lowest BCUT2D eigenvalue weighted by atomic mass is 9.92. The first-order valence-corrected chi connectivity index (χ1v) is 44.2. The standard InChI is InChI=1S/3C41H27N3/c1-3-9-30-19-32(15-13-28(30)7-1)40-24-39(25-41(44-40)33-16-14-29-8-2-4-10-31(29)20-33)38-22-36(34-11-5-17-42-26-34)21-37(23-38)35-12-6-18-43-27-35;1-3-9-31-21-33(14-12-28(31)7-1)40-26-37(27-41(44-40)34-15-13-29-8-2-4-10-32(29)22-34)36-23-35(30-16-19-42-20-17-30)24-38(25-36)39-11-5-6-18-43-39;1-3-7-32-21-34(11-9-28(32)5-1)40-26-39(27-41(44-40)35-12-10-29-6-2-4-8-33(29)22-35)38-24-36(30-13-17-42-18-14-30)23-37(25-38)31-15-19-43-20-16-31/h3*1-27H. The monoisotopic (exact) mass is 1680 g/mol. The van der Waals surface area contributed by atoms with E-state index in [4.69, 9.17) is 15.0 Å². The van der Waals surface area contributed by atoms with Gasteiger partial charge in [0.2, 0.25) is 0 Å². The summed E-state index contributed by atoms with van der Waals surface area (Å²) < 4.78 is 0. The topological polar surface area (TPSA) is 116 Å². The Kier molecular flexibility index (Phi) is 22.0. The number of hydrogen-bond acceptors (Lipinski definition) is 9. The first-order chi connectivity index (χ1) is 65.3. The summed E-state index contributed by atoms with van der Waals surface area (Å²) in [5.41, 5.74) is 31.9. The Labute approximate surface area is 764 Å². The number of pyridine rings is 9. The number of rotatable bonds is 15. The molecule has 9 heterocycles. The van der Waals surface area contributed by atoms with Crippen LogP contribution in [0.5, 0.6) is 0 Å². The molecule has 24 aromatic rings. The quantitative estimate of drug-likeness (QED) is 0.0989. The molecule has 0 aliphatic rings. The average molecular weight is 1690 g/mol. The summed E-state index contributed by atoms with van der Waals surface area (Å²) in [4.78, 5) is 42.0. The summed E-state index contributed by atoms with van der Waals surface area (Å²) in [7, 11) is 0. The van der Waals surface area contributed by atoms with Gasteiger partial charge in [0, 0.05) is 118 Å². The Morgan fingerprint density at radius 3 is 0.561 bits per heavy atom. The summed E-state index contributed by atoms with van der Waals surface area (Å²) in [5, 5.41) is 14.5. The maximum Gasteiger partial charge on any atom is 0.0715 e. The molecule has 0 unspecified atom stereocenters. The summed E-state index contributed by atoms with van der Waals surface area (Å²) in [6.45, 7) is 0. The molecule has 0 bridgehead atoms. The van der Waals surface area contributed by atoms with Gasteiger partial charge < -0.3 is 0 Å². The highest BCUT2D eigenvalue weighted by molar-refractivity contribution is 5.97. The van der Waals surface area contributed by atoms with Crippen LogP contribution >= 0.6 is 0 Å². The van der Waals surface area contributed by atoms with Crippen LogP contribution in [0.1, 0.15) is 0 Å². The summed E-state index contributed by atoms with van der Waals surface area (Å²) in [5.74, 6) is 0. The molecule has 618 valence electrons. The minimum atomic E-state index is 0.934. The molecule has 0 fully saturated rings. The number of fused-ring (bicyclic) bond motifs is 6. The highest BCUT2D eigenvalue weighted by Crippen LogP contribution is 2.43. The second-order valence-corrected chi connectivity index (χ2v) is 33.1. The highest BCUT2D eigenvalue weighted by atomic mass is 14.7. The number of hydrogen-bond donors (Lipinski definition) is 0. The van der Waals surface area contributed by atoms with Crippen molar-refractivity contribution in [2.45, 2.75) is 0 Å². The average Bonchev–Trinajstić information content (AvgIpc) is 0.780. The van der Waals surface area contributed by atoms with E-state index in [1.54, 1.807) is 0 Å². The van der Waals surface area contributed by atoms with Crippen LogP contribution < -0.4 is 0 Å². The van der Waals surface area contributed by atoms with Gasteiger partial charge in [-0.3, -0.25) is 29.9 Å². The molecular formula is C123H81N9. The van der Waals surface area contributed by atoms with E-state index in [0.29, 0.717) is 0 Å². The van der Waals surface area contributed by atoms with E-state index in [-0.39, 0.29) is 0 Å². The van der Waals surface area contributed by atoms with Crippen LogP contribution in [0, 0.1) is 0 Å². The maximum absolute atomic E-state index is 5.26. The molecule has 9 nitrogen and oxygen atoms in total. The Balaban J connectivity index is 0.000000116.